The highest BCUT2D eigenvalue weighted by Crippen LogP contribution is 2.29. The highest BCUT2D eigenvalue weighted by atomic mass is 35.5. The highest BCUT2D eigenvalue weighted by molar-refractivity contribution is 7.09. The molecular formula is C14H9ClN2S. The van der Waals surface area contributed by atoms with Gasteiger partial charge in [0.1, 0.15) is 5.01 Å². The zero-order valence-corrected chi connectivity index (χ0v) is 10.9. The van der Waals surface area contributed by atoms with Gasteiger partial charge < -0.3 is 0 Å². The zero-order chi connectivity index (χ0) is 12.4. The molecule has 0 aliphatic rings. The first-order valence-corrected chi connectivity index (χ1v) is 6.64. The van der Waals surface area contributed by atoms with E-state index in [9.17, 15) is 0 Å². The normalized spacial score (nSPS) is 10.5. The van der Waals surface area contributed by atoms with Gasteiger partial charge in [0.25, 0.3) is 0 Å². The van der Waals surface area contributed by atoms with Crippen molar-refractivity contribution in [1.29, 1.82) is 0 Å². The van der Waals surface area contributed by atoms with Crippen LogP contribution in [0.2, 0.25) is 5.02 Å². The van der Waals surface area contributed by atoms with Crippen molar-refractivity contribution in [3.63, 3.8) is 0 Å². The van der Waals surface area contributed by atoms with Crippen LogP contribution in [0.1, 0.15) is 0 Å². The molecule has 0 fully saturated rings. The van der Waals surface area contributed by atoms with Crippen LogP contribution < -0.4 is 0 Å². The lowest BCUT2D eigenvalue weighted by molar-refractivity contribution is 1.32. The Morgan fingerprint density at radius 1 is 0.889 bits per heavy atom. The summed E-state index contributed by atoms with van der Waals surface area (Å²) < 4.78 is 4.37. The van der Waals surface area contributed by atoms with Crippen molar-refractivity contribution < 1.29 is 0 Å². The van der Waals surface area contributed by atoms with Gasteiger partial charge in [-0.15, -0.1) is 0 Å². The summed E-state index contributed by atoms with van der Waals surface area (Å²) >= 11 is 7.53. The van der Waals surface area contributed by atoms with Crippen molar-refractivity contribution in [1.82, 2.24) is 9.36 Å². The Labute approximate surface area is 114 Å². The molecule has 3 rings (SSSR count). The summed E-state index contributed by atoms with van der Waals surface area (Å²) in [4.78, 5) is 4.53. The Morgan fingerprint density at radius 2 is 1.61 bits per heavy atom. The fourth-order valence-corrected chi connectivity index (χ4v) is 2.57. The predicted octanol–water partition coefficient (Wildman–Crippen LogP) is 4.53. The molecule has 0 bridgehead atoms. The van der Waals surface area contributed by atoms with Crippen molar-refractivity contribution >= 4 is 23.1 Å². The van der Waals surface area contributed by atoms with E-state index < -0.39 is 0 Å². The van der Waals surface area contributed by atoms with Crippen molar-refractivity contribution in [2.24, 2.45) is 0 Å². The molecule has 0 aliphatic carbocycles. The number of halogens is 1. The molecule has 0 aliphatic heterocycles. The van der Waals surface area contributed by atoms with Gasteiger partial charge >= 0.3 is 0 Å². The molecule has 0 saturated carbocycles. The summed E-state index contributed by atoms with van der Waals surface area (Å²) in [5.74, 6) is 0.685. The molecule has 0 unspecified atom stereocenters. The van der Waals surface area contributed by atoms with Crippen LogP contribution in [-0.4, -0.2) is 9.36 Å². The molecule has 0 saturated heterocycles. The average molecular weight is 273 g/mol. The second kappa shape index (κ2) is 4.88. The summed E-state index contributed by atoms with van der Waals surface area (Å²) in [6, 6.07) is 17.6. The molecule has 1 heterocycles. The van der Waals surface area contributed by atoms with Crippen molar-refractivity contribution in [3.8, 4) is 22.0 Å². The molecule has 0 N–H and O–H groups in total. The van der Waals surface area contributed by atoms with Crippen molar-refractivity contribution in [2.75, 3.05) is 0 Å². The van der Waals surface area contributed by atoms with E-state index >= 15 is 0 Å². The summed E-state index contributed by atoms with van der Waals surface area (Å²) in [5.41, 5.74) is 1.95. The van der Waals surface area contributed by atoms with E-state index in [0.29, 0.717) is 10.8 Å². The summed E-state index contributed by atoms with van der Waals surface area (Å²) in [7, 11) is 0. The highest BCUT2D eigenvalue weighted by Gasteiger charge is 2.10. The molecule has 88 valence electrons. The molecule has 2 nitrogen and oxygen atoms in total. The predicted molar refractivity (Wildman–Crippen MR) is 75.8 cm³/mol. The lowest BCUT2D eigenvalue weighted by atomic mass is 10.2. The van der Waals surface area contributed by atoms with E-state index in [1.165, 1.54) is 11.5 Å². The Balaban J connectivity index is 2.03. The molecule has 0 spiro atoms. The van der Waals surface area contributed by atoms with Gasteiger partial charge in [0.2, 0.25) is 0 Å². The minimum atomic E-state index is 0.676. The van der Waals surface area contributed by atoms with Crippen LogP contribution in [0.25, 0.3) is 22.0 Å². The number of rotatable bonds is 2. The Morgan fingerprint density at radius 3 is 2.39 bits per heavy atom. The first kappa shape index (κ1) is 11.4. The number of hydrogen-bond donors (Lipinski definition) is 0. The molecule has 18 heavy (non-hydrogen) atoms. The van der Waals surface area contributed by atoms with Gasteiger partial charge in [0.15, 0.2) is 5.82 Å². The molecule has 4 heteroatoms. The SMILES string of the molecule is Clc1ccccc1-c1nsc(-c2ccccc2)n1. The molecule has 2 aromatic carbocycles. The van der Waals surface area contributed by atoms with Gasteiger partial charge in [0, 0.05) is 11.1 Å². The molecule has 0 radical (unpaired) electrons. The van der Waals surface area contributed by atoms with Crippen LogP contribution in [-0.2, 0) is 0 Å². The summed E-state index contributed by atoms with van der Waals surface area (Å²) in [6.07, 6.45) is 0. The van der Waals surface area contributed by atoms with Crippen molar-refractivity contribution in [3.05, 3.63) is 59.6 Å². The maximum Gasteiger partial charge on any atom is 0.174 e. The molecule has 0 atom stereocenters. The van der Waals surface area contributed by atoms with Crippen LogP contribution in [0, 0.1) is 0 Å². The third-order valence-electron chi connectivity index (χ3n) is 2.56. The summed E-state index contributed by atoms with van der Waals surface area (Å²) in [6.45, 7) is 0. The number of benzene rings is 2. The van der Waals surface area contributed by atoms with E-state index in [-0.39, 0.29) is 0 Å². The monoisotopic (exact) mass is 272 g/mol. The molecule has 3 aromatic rings. The van der Waals surface area contributed by atoms with Gasteiger partial charge in [-0.25, -0.2) is 4.98 Å². The first-order chi connectivity index (χ1) is 8.84. The quantitative estimate of drug-likeness (QED) is 0.685. The Kier molecular flexibility index (Phi) is 3.09. The number of aromatic nitrogens is 2. The van der Waals surface area contributed by atoms with E-state index in [1.54, 1.807) is 0 Å². The second-order valence-corrected chi connectivity index (χ2v) is 4.93. The average Bonchev–Trinajstić information content (AvgIpc) is 2.90. The number of hydrogen-bond acceptors (Lipinski definition) is 3. The van der Waals surface area contributed by atoms with E-state index in [1.807, 2.05) is 54.6 Å². The van der Waals surface area contributed by atoms with Gasteiger partial charge in [-0.05, 0) is 23.7 Å². The standard InChI is InChI=1S/C14H9ClN2S/c15-12-9-5-4-8-11(12)13-16-14(18-17-13)10-6-2-1-3-7-10/h1-9H. The Hall–Kier alpha value is -1.71. The fourth-order valence-electron chi connectivity index (χ4n) is 1.67. The fraction of sp³-hybridized carbons (Fsp3) is 0. The second-order valence-electron chi connectivity index (χ2n) is 3.77. The van der Waals surface area contributed by atoms with E-state index in [0.717, 1.165) is 16.1 Å². The van der Waals surface area contributed by atoms with Gasteiger partial charge in [-0.3, -0.25) is 0 Å². The van der Waals surface area contributed by atoms with Crippen LogP contribution in [0.5, 0.6) is 0 Å². The summed E-state index contributed by atoms with van der Waals surface area (Å²) in [5, 5.41) is 1.58. The largest absolute Gasteiger partial charge is 0.214 e. The smallest absolute Gasteiger partial charge is 0.174 e. The lowest BCUT2D eigenvalue weighted by Gasteiger charge is -1.97. The van der Waals surface area contributed by atoms with Gasteiger partial charge in [-0.2, -0.15) is 4.37 Å². The Bertz CT molecular complexity index is 664. The zero-order valence-electron chi connectivity index (χ0n) is 9.38. The first-order valence-electron chi connectivity index (χ1n) is 5.48. The maximum atomic E-state index is 6.14. The van der Waals surface area contributed by atoms with Crippen LogP contribution in [0.3, 0.4) is 0 Å². The van der Waals surface area contributed by atoms with Crippen LogP contribution >= 0.6 is 23.1 Å². The van der Waals surface area contributed by atoms with Crippen LogP contribution in [0.15, 0.2) is 54.6 Å². The maximum absolute atomic E-state index is 6.14. The molecule has 0 amide bonds. The third kappa shape index (κ3) is 2.15. The van der Waals surface area contributed by atoms with Crippen molar-refractivity contribution in [2.45, 2.75) is 0 Å². The number of nitrogens with zero attached hydrogens (tertiary/aromatic N) is 2. The molecule has 1 aromatic heterocycles. The van der Waals surface area contributed by atoms with Crippen LogP contribution in [0.4, 0.5) is 0 Å². The lowest BCUT2D eigenvalue weighted by Crippen LogP contribution is -1.82. The molecular weight excluding hydrogens is 264 g/mol. The topological polar surface area (TPSA) is 25.8 Å². The van der Waals surface area contributed by atoms with E-state index in [2.05, 4.69) is 9.36 Å². The van der Waals surface area contributed by atoms with E-state index in [4.69, 9.17) is 11.6 Å². The van der Waals surface area contributed by atoms with Gasteiger partial charge in [0.05, 0.1) is 5.02 Å². The van der Waals surface area contributed by atoms with Gasteiger partial charge in [-0.1, -0.05) is 54.1 Å². The third-order valence-corrected chi connectivity index (χ3v) is 3.66. The minimum absolute atomic E-state index is 0.676. The minimum Gasteiger partial charge on any atom is -0.214 e.